The highest BCUT2D eigenvalue weighted by Gasteiger charge is 2.40. The molecule has 0 atom stereocenters. The Bertz CT molecular complexity index is 886. The van der Waals surface area contributed by atoms with Crippen molar-refractivity contribution >= 4 is 23.5 Å². The number of rotatable bonds is 4. The first kappa shape index (κ1) is 16.9. The van der Waals surface area contributed by atoms with E-state index in [-0.39, 0.29) is 5.69 Å². The van der Waals surface area contributed by atoms with Crippen LogP contribution in [0.2, 0.25) is 0 Å². The highest BCUT2D eigenvalue weighted by atomic mass is 32.1. The Hall–Kier alpha value is -2.94. The summed E-state index contributed by atoms with van der Waals surface area (Å²) in [4.78, 5) is 12.9. The van der Waals surface area contributed by atoms with Crippen LogP contribution in [0.15, 0.2) is 59.1 Å². The van der Waals surface area contributed by atoms with Crippen LogP contribution >= 0.6 is 11.3 Å². The molecular weight excluding hydrogens is 353 g/mol. The van der Waals surface area contributed by atoms with Gasteiger partial charge in [-0.3, -0.25) is 4.79 Å². The van der Waals surface area contributed by atoms with Crippen LogP contribution in [-0.2, 0) is 6.18 Å². The summed E-state index contributed by atoms with van der Waals surface area (Å²) in [5.41, 5.74) is 0.555. The van der Waals surface area contributed by atoms with Crippen LogP contribution in [0.3, 0.4) is 0 Å². The van der Waals surface area contributed by atoms with Crippen LogP contribution in [0.5, 0.6) is 0 Å². The Morgan fingerprint density at radius 1 is 1.20 bits per heavy atom. The maximum absolute atomic E-state index is 13.5. The number of amides is 1. The third-order valence-electron chi connectivity index (χ3n) is 3.18. The second-order valence-corrected chi connectivity index (χ2v) is 5.85. The van der Waals surface area contributed by atoms with Crippen molar-refractivity contribution in [3.8, 4) is 5.69 Å². The monoisotopic (exact) mass is 364 g/mol. The van der Waals surface area contributed by atoms with Crippen LogP contribution in [0.1, 0.15) is 20.9 Å². The van der Waals surface area contributed by atoms with Crippen LogP contribution in [0.4, 0.5) is 13.2 Å². The number of hydrazone groups is 1. The lowest BCUT2D eigenvalue weighted by molar-refractivity contribution is -0.143. The van der Waals surface area contributed by atoms with Crippen molar-refractivity contribution in [2.75, 3.05) is 0 Å². The van der Waals surface area contributed by atoms with Gasteiger partial charge in [0.05, 0.1) is 23.7 Å². The maximum Gasteiger partial charge on any atom is 0.434 e. The number of benzene rings is 1. The molecule has 2 aromatic heterocycles. The summed E-state index contributed by atoms with van der Waals surface area (Å²) in [6.07, 6.45) is -2.51. The summed E-state index contributed by atoms with van der Waals surface area (Å²) in [6.45, 7) is 0. The minimum atomic E-state index is -4.75. The third-order valence-corrected chi connectivity index (χ3v) is 3.99. The zero-order valence-corrected chi connectivity index (χ0v) is 13.4. The molecule has 9 heteroatoms. The van der Waals surface area contributed by atoms with Crippen molar-refractivity contribution in [1.82, 2.24) is 15.2 Å². The van der Waals surface area contributed by atoms with Gasteiger partial charge in [-0.2, -0.15) is 23.4 Å². The first-order chi connectivity index (χ1) is 12.0. The number of nitrogens with zero attached hydrogens (tertiary/aromatic N) is 3. The Morgan fingerprint density at radius 2 is 1.96 bits per heavy atom. The lowest BCUT2D eigenvalue weighted by atomic mass is 10.2. The van der Waals surface area contributed by atoms with E-state index in [1.54, 1.807) is 30.3 Å². The Morgan fingerprint density at radius 3 is 2.60 bits per heavy atom. The van der Waals surface area contributed by atoms with E-state index in [9.17, 15) is 18.0 Å². The quantitative estimate of drug-likeness (QED) is 0.567. The molecule has 1 amide bonds. The molecular formula is C16H11F3N4OS. The molecule has 1 N–H and O–H groups in total. The molecule has 3 rings (SSSR count). The van der Waals surface area contributed by atoms with E-state index in [1.165, 1.54) is 29.7 Å². The van der Waals surface area contributed by atoms with E-state index in [1.807, 2.05) is 5.38 Å². The van der Waals surface area contributed by atoms with Crippen molar-refractivity contribution in [3.05, 3.63) is 70.2 Å². The Balaban J connectivity index is 1.91. The fourth-order valence-electron chi connectivity index (χ4n) is 2.13. The number of thiophene rings is 1. The molecule has 0 unspecified atom stereocenters. The second kappa shape index (κ2) is 6.89. The molecule has 0 spiro atoms. The number of aromatic nitrogens is 2. The van der Waals surface area contributed by atoms with E-state index >= 15 is 0 Å². The van der Waals surface area contributed by atoms with Crippen LogP contribution < -0.4 is 5.43 Å². The van der Waals surface area contributed by atoms with Gasteiger partial charge >= 0.3 is 6.18 Å². The van der Waals surface area contributed by atoms with Gasteiger partial charge in [0.15, 0.2) is 5.69 Å². The van der Waals surface area contributed by atoms with E-state index in [0.717, 1.165) is 11.1 Å². The van der Waals surface area contributed by atoms with Gasteiger partial charge in [-0.1, -0.05) is 24.3 Å². The van der Waals surface area contributed by atoms with Crippen LogP contribution in [0, 0.1) is 0 Å². The number of alkyl halides is 3. The highest BCUT2D eigenvalue weighted by molar-refractivity contribution is 7.11. The fourth-order valence-corrected chi connectivity index (χ4v) is 2.72. The highest BCUT2D eigenvalue weighted by Crippen LogP contribution is 2.33. The molecule has 0 aliphatic carbocycles. The van der Waals surface area contributed by atoms with E-state index < -0.39 is 23.3 Å². The maximum atomic E-state index is 13.5. The molecule has 1 aromatic carbocycles. The first-order valence-corrected chi connectivity index (χ1v) is 7.92. The van der Waals surface area contributed by atoms with Gasteiger partial charge < -0.3 is 0 Å². The molecule has 0 radical (unpaired) electrons. The molecule has 25 heavy (non-hydrogen) atoms. The minimum absolute atomic E-state index is 0.205. The molecule has 0 saturated heterocycles. The number of hydrogen-bond acceptors (Lipinski definition) is 4. The summed E-state index contributed by atoms with van der Waals surface area (Å²) in [6, 6.07) is 11.3. The summed E-state index contributed by atoms with van der Waals surface area (Å²) in [7, 11) is 0. The van der Waals surface area contributed by atoms with Crippen molar-refractivity contribution in [2.24, 2.45) is 5.10 Å². The number of carbonyl (C=O) groups excluding carboxylic acids is 1. The van der Waals surface area contributed by atoms with Crippen molar-refractivity contribution in [3.63, 3.8) is 0 Å². The largest absolute Gasteiger partial charge is 0.434 e. The Kier molecular flexibility index (Phi) is 4.66. The minimum Gasteiger partial charge on any atom is -0.267 e. The fraction of sp³-hybridized carbons (Fsp3) is 0.0625. The molecule has 0 saturated carbocycles. The van der Waals surface area contributed by atoms with Crippen molar-refractivity contribution in [2.45, 2.75) is 6.18 Å². The van der Waals surface area contributed by atoms with Crippen molar-refractivity contribution < 1.29 is 18.0 Å². The summed E-state index contributed by atoms with van der Waals surface area (Å²) in [5, 5.41) is 9.21. The van der Waals surface area contributed by atoms with Crippen LogP contribution in [0.25, 0.3) is 5.69 Å². The second-order valence-electron chi connectivity index (χ2n) is 4.87. The third kappa shape index (κ3) is 3.77. The number of nitrogens with one attached hydrogen (secondary N) is 1. The normalized spacial score (nSPS) is 11.8. The van der Waals surface area contributed by atoms with Crippen molar-refractivity contribution in [1.29, 1.82) is 0 Å². The summed E-state index contributed by atoms with van der Waals surface area (Å²) in [5.74, 6) is -0.984. The van der Waals surface area contributed by atoms with E-state index in [0.29, 0.717) is 4.68 Å². The molecule has 0 fully saturated rings. The predicted molar refractivity (Wildman–Crippen MR) is 87.9 cm³/mol. The van der Waals surface area contributed by atoms with E-state index in [4.69, 9.17) is 0 Å². The summed E-state index contributed by atoms with van der Waals surface area (Å²) < 4.78 is 41.1. The molecule has 3 aromatic rings. The van der Waals surface area contributed by atoms with Gasteiger partial charge in [-0.25, -0.2) is 10.1 Å². The molecule has 2 heterocycles. The lowest BCUT2D eigenvalue weighted by Crippen LogP contribution is -2.23. The predicted octanol–water partition coefficient (Wildman–Crippen LogP) is 3.72. The zero-order chi connectivity index (χ0) is 17.9. The SMILES string of the molecule is O=C(NN=Cc1cccs1)c1cnn(-c2ccccc2)c1C(F)(F)F. The Labute approximate surface area is 144 Å². The number of hydrogen-bond donors (Lipinski definition) is 1. The van der Waals surface area contributed by atoms with Gasteiger partial charge in [0, 0.05) is 4.88 Å². The first-order valence-electron chi connectivity index (χ1n) is 7.04. The lowest BCUT2D eigenvalue weighted by Gasteiger charge is -2.12. The molecule has 0 aliphatic heterocycles. The molecule has 0 aliphatic rings. The molecule has 128 valence electrons. The van der Waals surface area contributed by atoms with Gasteiger partial charge in [0.25, 0.3) is 5.91 Å². The van der Waals surface area contributed by atoms with Gasteiger partial charge in [-0.15, -0.1) is 11.3 Å². The number of carbonyl (C=O) groups is 1. The molecule has 0 bridgehead atoms. The zero-order valence-electron chi connectivity index (χ0n) is 12.6. The smallest absolute Gasteiger partial charge is 0.267 e. The average Bonchev–Trinajstić information content (AvgIpc) is 3.24. The van der Waals surface area contributed by atoms with Crippen LogP contribution in [-0.4, -0.2) is 21.9 Å². The van der Waals surface area contributed by atoms with E-state index in [2.05, 4.69) is 15.6 Å². The van der Waals surface area contributed by atoms with Gasteiger partial charge in [-0.05, 0) is 23.6 Å². The summed E-state index contributed by atoms with van der Waals surface area (Å²) >= 11 is 1.38. The van der Waals surface area contributed by atoms with Gasteiger partial charge in [0.1, 0.15) is 0 Å². The standard InChI is InChI=1S/C16H11F3N4OS/c17-16(18,19)14-13(10-21-23(14)11-5-2-1-3-6-11)15(24)22-20-9-12-7-4-8-25-12/h1-10H,(H,22,24). The number of para-hydroxylation sites is 1. The number of halogens is 3. The average molecular weight is 364 g/mol. The molecule has 5 nitrogen and oxygen atoms in total. The topological polar surface area (TPSA) is 59.3 Å². The van der Waals surface area contributed by atoms with Gasteiger partial charge in [0.2, 0.25) is 0 Å².